The largest absolute Gasteiger partial charge is 0.321 e. The predicted molar refractivity (Wildman–Crippen MR) is 68.8 cm³/mol. The quantitative estimate of drug-likeness (QED) is 0.860. The van der Waals surface area contributed by atoms with Gasteiger partial charge in [0, 0.05) is 5.56 Å². The SMILES string of the molecule is NC(Cc1ccccc1)C(=O)c1ccc(F)c(F)c1. The lowest BCUT2D eigenvalue weighted by molar-refractivity contribution is 0.0960. The Balaban J connectivity index is 2.12. The standard InChI is InChI=1S/C15H13F2NO/c16-12-7-6-11(9-13(12)17)15(19)14(18)8-10-4-2-1-3-5-10/h1-7,9,14H,8,18H2. The molecule has 0 aliphatic carbocycles. The van der Waals surface area contributed by atoms with Crippen LogP contribution in [0, 0.1) is 11.6 Å². The van der Waals surface area contributed by atoms with Gasteiger partial charge in [-0.25, -0.2) is 8.78 Å². The van der Waals surface area contributed by atoms with E-state index in [1.54, 1.807) is 0 Å². The second kappa shape index (κ2) is 5.71. The summed E-state index contributed by atoms with van der Waals surface area (Å²) < 4.78 is 25.9. The number of benzene rings is 2. The van der Waals surface area contributed by atoms with E-state index in [-0.39, 0.29) is 5.56 Å². The molecule has 2 rings (SSSR count). The number of rotatable bonds is 4. The van der Waals surface area contributed by atoms with Crippen molar-refractivity contribution in [3.8, 4) is 0 Å². The van der Waals surface area contributed by atoms with Gasteiger partial charge in [-0.3, -0.25) is 4.79 Å². The highest BCUT2D eigenvalue weighted by Gasteiger charge is 2.17. The maximum atomic E-state index is 13.1. The lowest BCUT2D eigenvalue weighted by atomic mass is 9.98. The molecule has 0 fully saturated rings. The van der Waals surface area contributed by atoms with Gasteiger partial charge in [0.25, 0.3) is 0 Å². The molecule has 0 radical (unpaired) electrons. The van der Waals surface area contributed by atoms with Crippen LogP contribution in [0.5, 0.6) is 0 Å². The van der Waals surface area contributed by atoms with Crippen molar-refractivity contribution in [2.75, 3.05) is 0 Å². The van der Waals surface area contributed by atoms with E-state index in [2.05, 4.69) is 0 Å². The van der Waals surface area contributed by atoms with Gasteiger partial charge in [-0.1, -0.05) is 30.3 Å². The van der Waals surface area contributed by atoms with Crippen LogP contribution in [0.25, 0.3) is 0 Å². The molecule has 1 atom stereocenters. The first-order valence-corrected chi connectivity index (χ1v) is 5.86. The molecule has 4 heteroatoms. The normalized spacial score (nSPS) is 12.2. The Bertz CT molecular complexity index is 584. The van der Waals surface area contributed by atoms with Gasteiger partial charge in [0.2, 0.25) is 0 Å². The van der Waals surface area contributed by atoms with Gasteiger partial charge in [-0.05, 0) is 30.2 Å². The molecule has 0 bridgehead atoms. The Morgan fingerprint density at radius 2 is 1.74 bits per heavy atom. The van der Waals surface area contributed by atoms with Crippen LogP contribution in [0.3, 0.4) is 0 Å². The number of hydrogen-bond acceptors (Lipinski definition) is 2. The fourth-order valence-electron chi connectivity index (χ4n) is 1.82. The highest BCUT2D eigenvalue weighted by molar-refractivity contribution is 6.00. The van der Waals surface area contributed by atoms with Crippen molar-refractivity contribution in [2.45, 2.75) is 12.5 Å². The number of carbonyl (C=O) groups excluding carboxylic acids is 1. The second-order valence-corrected chi connectivity index (χ2v) is 4.29. The molecule has 0 heterocycles. The Labute approximate surface area is 109 Å². The minimum Gasteiger partial charge on any atom is -0.321 e. The van der Waals surface area contributed by atoms with E-state index < -0.39 is 23.5 Å². The lowest BCUT2D eigenvalue weighted by Crippen LogP contribution is -2.32. The topological polar surface area (TPSA) is 43.1 Å². The average molecular weight is 261 g/mol. The van der Waals surface area contributed by atoms with Crippen molar-refractivity contribution < 1.29 is 13.6 Å². The smallest absolute Gasteiger partial charge is 0.179 e. The van der Waals surface area contributed by atoms with E-state index in [1.807, 2.05) is 30.3 Å². The molecule has 2 nitrogen and oxygen atoms in total. The highest BCUT2D eigenvalue weighted by atomic mass is 19.2. The molecule has 2 N–H and O–H groups in total. The monoisotopic (exact) mass is 261 g/mol. The van der Waals surface area contributed by atoms with Gasteiger partial charge in [0.15, 0.2) is 17.4 Å². The first-order chi connectivity index (χ1) is 9.08. The first kappa shape index (κ1) is 13.4. The molecular weight excluding hydrogens is 248 g/mol. The highest BCUT2D eigenvalue weighted by Crippen LogP contribution is 2.12. The zero-order valence-corrected chi connectivity index (χ0v) is 10.1. The summed E-state index contributed by atoms with van der Waals surface area (Å²) in [5, 5.41) is 0. The summed E-state index contributed by atoms with van der Waals surface area (Å²) >= 11 is 0. The van der Waals surface area contributed by atoms with Gasteiger partial charge in [-0.15, -0.1) is 0 Å². The summed E-state index contributed by atoms with van der Waals surface area (Å²) in [5.74, 6) is -2.42. The summed E-state index contributed by atoms with van der Waals surface area (Å²) in [6, 6.07) is 11.6. The van der Waals surface area contributed by atoms with Crippen molar-refractivity contribution >= 4 is 5.78 Å². The minimum absolute atomic E-state index is 0.0855. The second-order valence-electron chi connectivity index (χ2n) is 4.29. The van der Waals surface area contributed by atoms with Crippen LogP contribution in [0.2, 0.25) is 0 Å². The van der Waals surface area contributed by atoms with E-state index in [1.165, 1.54) is 6.07 Å². The Morgan fingerprint density at radius 1 is 1.05 bits per heavy atom. The van der Waals surface area contributed by atoms with Crippen LogP contribution >= 0.6 is 0 Å². The third-order valence-corrected chi connectivity index (χ3v) is 2.84. The van der Waals surface area contributed by atoms with E-state index in [4.69, 9.17) is 5.73 Å². The molecule has 0 aliphatic heterocycles. The Kier molecular flexibility index (Phi) is 4.02. The van der Waals surface area contributed by atoms with Crippen molar-refractivity contribution in [2.24, 2.45) is 5.73 Å². The van der Waals surface area contributed by atoms with Crippen LogP contribution in [-0.4, -0.2) is 11.8 Å². The third kappa shape index (κ3) is 3.23. The van der Waals surface area contributed by atoms with Gasteiger partial charge in [0.1, 0.15) is 0 Å². The zero-order valence-electron chi connectivity index (χ0n) is 10.1. The molecule has 2 aromatic rings. The predicted octanol–water partition coefficient (Wildman–Crippen LogP) is 2.72. The molecule has 0 spiro atoms. The van der Waals surface area contributed by atoms with Crippen LogP contribution in [0.4, 0.5) is 8.78 Å². The third-order valence-electron chi connectivity index (χ3n) is 2.84. The Hall–Kier alpha value is -2.07. The van der Waals surface area contributed by atoms with E-state index in [0.29, 0.717) is 6.42 Å². The van der Waals surface area contributed by atoms with E-state index >= 15 is 0 Å². The van der Waals surface area contributed by atoms with Crippen molar-refractivity contribution in [1.82, 2.24) is 0 Å². The van der Waals surface area contributed by atoms with Crippen LogP contribution < -0.4 is 5.73 Å². The first-order valence-electron chi connectivity index (χ1n) is 5.86. The molecule has 0 saturated heterocycles. The van der Waals surface area contributed by atoms with Crippen LogP contribution in [0.15, 0.2) is 48.5 Å². The number of nitrogens with two attached hydrogens (primary N) is 1. The van der Waals surface area contributed by atoms with Gasteiger partial charge in [-0.2, -0.15) is 0 Å². The molecule has 0 saturated carbocycles. The summed E-state index contributed by atoms with van der Waals surface area (Å²) in [6.07, 6.45) is 0.360. The van der Waals surface area contributed by atoms with Crippen molar-refractivity contribution in [3.63, 3.8) is 0 Å². The van der Waals surface area contributed by atoms with Crippen LogP contribution in [-0.2, 0) is 6.42 Å². The maximum absolute atomic E-state index is 13.1. The molecule has 2 aromatic carbocycles. The number of halogens is 2. The van der Waals surface area contributed by atoms with Gasteiger partial charge < -0.3 is 5.73 Å². The summed E-state index contributed by atoms with van der Waals surface area (Å²) in [5.41, 5.74) is 6.81. The van der Waals surface area contributed by atoms with Gasteiger partial charge in [0.05, 0.1) is 6.04 Å². The van der Waals surface area contributed by atoms with Crippen molar-refractivity contribution in [1.29, 1.82) is 0 Å². The fourth-order valence-corrected chi connectivity index (χ4v) is 1.82. The summed E-state index contributed by atoms with van der Waals surface area (Å²) in [7, 11) is 0. The molecule has 98 valence electrons. The molecule has 0 aliphatic rings. The number of Topliss-reactive ketones (excluding diaryl/α,β-unsaturated/α-hetero) is 1. The van der Waals surface area contributed by atoms with E-state index in [0.717, 1.165) is 17.7 Å². The number of ketones is 1. The van der Waals surface area contributed by atoms with E-state index in [9.17, 15) is 13.6 Å². The number of hydrogen-bond donors (Lipinski definition) is 1. The van der Waals surface area contributed by atoms with Crippen LogP contribution in [0.1, 0.15) is 15.9 Å². The molecular formula is C15H13F2NO. The molecule has 0 aromatic heterocycles. The maximum Gasteiger partial charge on any atom is 0.179 e. The lowest BCUT2D eigenvalue weighted by Gasteiger charge is -2.11. The molecule has 1 unspecified atom stereocenters. The molecule has 0 amide bonds. The average Bonchev–Trinajstić information content (AvgIpc) is 2.42. The summed E-state index contributed by atoms with van der Waals surface area (Å²) in [4.78, 5) is 12.0. The molecule has 19 heavy (non-hydrogen) atoms. The summed E-state index contributed by atoms with van der Waals surface area (Å²) in [6.45, 7) is 0. The van der Waals surface area contributed by atoms with Gasteiger partial charge >= 0.3 is 0 Å². The number of carbonyl (C=O) groups is 1. The Morgan fingerprint density at radius 3 is 2.37 bits per heavy atom. The zero-order chi connectivity index (χ0) is 13.8. The minimum atomic E-state index is -1.04. The van der Waals surface area contributed by atoms with Crippen molar-refractivity contribution in [3.05, 3.63) is 71.3 Å². The fraction of sp³-hybridized carbons (Fsp3) is 0.133.